The summed E-state index contributed by atoms with van der Waals surface area (Å²) in [6.45, 7) is 6.78. The summed E-state index contributed by atoms with van der Waals surface area (Å²) in [5, 5.41) is 10.4. The van der Waals surface area contributed by atoms with Crippen LogP contribution in [-0.2, 0) is 4.79 Å². The first-order chi connectivity index (χ1) is 9.97. The number of aliphatic hydroxyl groups is 1. The number of rotatable bonds is 5. The van der Waals surface area contributed by atoms with Gasteiger partial charge in [-0.3, -0.25) is 9.69 Å². The van der Waals surface area contributed by atoms with Crippen molar-refractivity contribution in [3.63, 3.8) is 0 Å². The minimum Gasteiger partial charge on any atom is -0.390 e. The number of β-amino-alcohol motifs (C(OH)–C–C–N with tert-alkyl or cyclic N) is 1. The summed E-state index contributed by atoms with van der Waals surface area (Å²) in [6.07, 6.45) is 4.09. The quantitative estimate of drug-likeness (QED) is 0.809. The molecule has 2 aliphatic heterocycles. The van der Waals surface area contributed by atoms with Gasteiger partial charge in [0.15, 0.2) is 0 Å². The van der Waals surface area contributed by atoms with Gasteiger partial charge in [0.25, 0.3) is 0 Å². The van der Waals surface area contributed by atoms with E-state index < -0.39 is 0 Å². The van der Waals surface area contributed by atoms with E-state index in [1.54, 1.807) is 4.90 Å². The van der Waals surface area contributed by atoms with Gasteiger partial charge in [0, 0.05) is 27.2 Å². The molecule has 0 bridgehead atoms. The molecule has 2 rings (SSSR count). The number of amides is 1. The third kappa shape index (κ3) is 4.66. The van der Waals surface area contributed by atoms with Crippen LogP contribution in [0, 0.1) is 5.92 Å². The van der Waals surface area contributed by atoms with Crippen LogP contribution in [0.3, 0.4) is 0 Å². The lowest BCUT2D eigenvalue weighted by Crippen LogP contribution is -2.48. The van der Waals surface area contributed by atoms with Crippen molar-refractivity contribution in [2.75, 3.05) is 46.8 Å². The van der Waals surface area contributed by atoms with E-state index in [4.69, 9.17) is 0 Å². The van der Waals surface area contributed by atoms with Gasteiger partial charge < -0.3 is 14.9 Å². The second-order valence-corrected chi connectivity index (χ2v) is 7.02. The lowest BCUT2D eigenvalue weighted by Gasteiger charge is -2.33. The molecule has 2 atom stereocenters. The predicted molar refractivity (Wildman–Crippen MR) is 84.1 cm³/mol. The summed E-state index contributed by atoms with van der Waals surface area (Å²) in [4.78, 5) is 18.4. The Morgan fingerprint density at radius 3 is 2.48 bits per heavy atom. The second kappa shape index (κ2) is 7.56. The first-order valence-corrected chi connectivity index (χ1v) is 8.33. The molecular weight excluding hydrogens is 266 g/mol. The van der Waals surface area contributed by atoms with Crippen LogP contribution in [0.5, 0.6) is 0 Å². The number of hydrogen-bond donors (Lipinski definition) is 1. The molecule has 122 valence electrons. The lowest BCUT2D eigenvalue weighted by atomic mass is 9.99. The normalized spacial score (nSPS) is 27.0. The fourth-order valence-corrected chi connectivity index (χ4v) is 3.49. The topological polar surface area (TPSA) is 47.0 Å². The van der Waals surface area contributed by atoms with E-state index in [0.717, 1.165) is 44.9 Å². The van der Waals surface area contributed by atoms with Crippen molar-refractivity contribution in [1.29, 1.82) is 0 Å². The maximum absolute atomic E-state index is 12.2. The standard InChI is InChI=1S/C16H31N3O2/c1-13-6-9-18(10-7-13)11-14(20)12-19-8-4-5-15(19)16(21)17(2)3/h13-15,20H,4-12H2,1-3H3. The molecule has 0 spiro atoms. The van der Waals surface area contributed by atoms with Crippen molar-refractivity contribution in [1.82, 2.24) is 14.7 Å². The number of nitrogens with zero attached hydrogens (tertiary/aromatic N) is 3. The van der Waals surface area contributed by atoms with Crippen molar-refractivity contribution in [2.45, 2.75) is 44.8 Å². The van der Waals surface area contributed by atoms with Gasteiger partial charge in [-0.15, -0.1) is 0 Å². The molecule has 2 aliphatic rings. The third-order valence-corrected chi connectivity index (χ3v) is 4.88. The second-order valence-electron chi connectivity index (χ2n) is 7.02. The number of carbonyl (C=O) groups is 1. The van der Waals surface area contributed by atoms with E-state index in [9.17, 15) is 9.90 Å². The number of likely N-dealkylation sites (tertiary alicyclic amines) is 2. The fraction of sp³-hybridized carbons (Fsp3) is 0.938. The summed E-state index contributed by atoms with van der Waals surface area (Å²) in [5.41, 5.74) is 0. The minimum absolute atomic E-state index is 0.0315. The summed E-state index contributed by atoms with van der Waals surface area (Å²) in [7, 11) is 3.62. The van der Waals surface area contributed by atoms with E-state index >= 15 is 0 Å². The Morgan fingerprint density at radius 1 is 1.19 bits per heavy atom. The van der Waals surface area contributed by atoms with E-state index in [1.807, 2.05) is 14.1 Å². The first kappa shape index (κ1) is 16.7. The van der Waals surface area contributed by atoms with Gasteiger partial charge in [-0.2, -0.15) is 0 Å². The first-order valence-electron chi connectivity index (χ1n) is 8.33. The van der Waals surface area contributed by atoms with Gasteiger partial charge in [0.1, 0.15) is 0 Å². The monoisotopic (exact) mass is 297 g/mol. The predicted octanol–water partition coefficient (Wildman–Crippen LogP) is 0.632. The Kier molecular flexibility index (Phi) is 6.02. The van der Waals surface area contributed by atoms with E-state index in [-0.39, 0.29) is 18.1 Å². The highest BCUT2D eigenvalue weighted by atomic mass is 16.3. The Morgan fingerprint density at radius 2 is 1.86 bits per heavy atom. The average Bonchev–Trinajstić information content (AvgIpc) is 2.88. The summed E-state index contributed by atoms with van der Waals surface area (Å²) in [5.74, 6) is 0.991. The van der Waals surface area contributed by atoms with Crippen molar-refractivity contribution in [3.05, 3.63) is 0 Å². The molecule has 1 N–H and O–H groups in total. The van der Waals surface area contributed by atoms with Crippen LogP contribution < -0.4 is 0 Å². The number of hydrogen-bond acceptors (Lipinski definition) is 4. The molecule has 2 fully saturated rings. The van der Waals surface area contributed by atoms with Crippen molar-refractivity contribution < 1.29 is 9.90 Å². The SMILES string of the molecule is CC1CCN(CC(O)CN2CCCC2C(=O)N(C)C)CC1. The number of piperidine rings is 1. The molecule has 0 aromatic rings. The third-order valence-electron chi connectivity index (χ3n) is 4.88. The van der Waals surface area contributed by atoms with Crippen LogP contribution in [0.4, 0.5) is 0 Å². The van der Waals surface area contributed by atoms with Crippen LogP contribution >= 0.6 is 0 Å². The minimum atomic E-state index is -0.353. The van der Waals surface area contributed by atoms with Crippen LogP contribution in [0.15, 0.2) is 0 Å². The molecule has 0 aromatic heterocycles. The van der Waals surface area contributed by atoms with E-state index in [2.05, 4.69) is 16.7 Å². The maximum Gasteiger partial charge on any atom is 0.239 e. The smallest absolute Gasteiger partial charge is 0.239 e. The molecular formula is C16H31N3O2. The largest absolute Gasteiger partial charge is 0.390 e. The van der Waals surface area contributed by atoms with Crippen molar-refractivity contribution >= 4 is 5.91 Å². The number of carbonyl (C=O) groups excluding carboxylic acids is 1. The molecule has 1 amide bonds. The van der Waals surface area contributed by atoms with Crippen LogP contribution in [0.25, 0.3) is 0 Å². The van der Waals surface area contributed by atoms with Gasteiger partial charge in [-0.25, -0.2) is 0 Å². The Bertz CT molecular complexity index is 340. The Balaban J connectivity index is 1.78. The van der Waals surface area contributed by atoms with E-state index in [1.165, 1.54) is 12.8 Å². The van der Waals surface area contributed by atoms with Gasteiger partial charge >= 0.3 is 0 Å². The highest BCUT2D eigenvalue weighted by molar-refractivity contribution is 5.81. The zero-order valence-electron chi connectivity index (χ0n) is 13.8. The van der Waals surface area contributed by atoms with E-state index in [0.29, 0.717) is 6.54 Å². The molecule has 0 aliphatic carbocycles. The molecule has 5 heteroatoms. The van der Waals surface area contributed by atoms with Crippen molar-refractivity contribution in [2.24, 2.45) is 5.92 Å². The highest BCUT2D eigenvalue weighted by Gasteiger charge is 2.33. The maximum atomic E-state index is 12.2. The van der Waals surface area contributed by atoms with Gasteiger partial charge in [-0.05, 0) is 51.2 Å². The Labute approximate surface area is 128 Å². The summed E-state index contributed by atoms with van der Waals surface area (Å²) >= 11 is 0. The molecule has 0 aromatic carbocycles. The number of likely N-dealkylation sites (N-methyl/N-ethyl adjacent to an activating group) is 1. The molecule has 2 unspecified atom stereocenters. The average molecular weight is 297 g/mol. The van der Waals surface area contributed by atoms with Crippen LogP contribution in [-0.4, -0.2) is 84.7 Å². The number of aliphatic hydroxyl groups excluding tert-OH is 1. The zero-order valence-corrected chi connectivity index (χ0v) is 13.8. The van der Waals surface area contributed by atoms with Crippen LogP contribution in [0.2, 0.25) is 0 Å². The van der Waals surface area contributed by atoms with Crippen LogP contribution in [0.1, 0.15) is 32.6 Å². The molecule has 2 heterocycles. The molecule has 0 saturated carbocycles. The van der Waals surface area contributed by atoms with Gasteiger partial charge in [0.05, 0.1) is 12.1 Å². The zero-order chi connectivity index (χ0) is 15.4. The van der Waals surface area contributed by atoms with Gasteiger partial charge in [-0.1, -0.05) is 6.92 Å². The lowest BCUT2D eigenvalue weighted by molar-refractivity contribution is -0.133. The molecule has 0 radical (unpaired) electrons. The molecule has 5 nitrogen and oxygen atoms in total. The molecule has 21 heavy (non-hydrogen) atoms. The molecule has 2 saturated heterocycles. The summed E-state index contributed by atoms with van der Waals surface area (Å²) < 4.78 is 0. The highest BCUT2D eigenvalue weighted by Crippen LogP contribution is 2.20. The van der Waals surface area contributed by atoms with Crippen molar-refractivity contribution in [3.8, 4) is 0 Å². The van der Waals surface area contributed by atoms with Gasteiger partial charge in [0.2, 0.25) is 5.91 Å². The summed E-state index contributed by atoms with van der Waals surface area (Å²) in [6, 6.07) is -0.0315. The Hall–Kier alpha value is -0.650. The fourth-order valence-electron chi connectivity index (χ4n) is 3.49.